The Labute approximate surface area is 297 Å². The van der Waals surface area contributed by atoms with Gasteiger partial charge in [0.05, 0.1) is 17.7 Å². The summed E-state index contributed by atoms with van der Waals surface area (Å²) in [4.78, 5) is 30.8. The lowest BCUT2D eigenvalue weighted by molar-refractivity contribution is -0.140. The van der Waals surface area contributed by atoms with Gasteiger partial charge in [-0.2, -0.15) is 0 Å². The van der Waals surface area contributed by atoms with E-state index in [1.807, 2.05) is 73.7 Å². The van der Waals surface area contributed by atoms with Gasteiger partial charge in [-0.1, -0.05) is 105 Å². The molecule has 5 rings (SSSR count). The number of amides is 2. The number of nitrogens with one attached hydrogen (secondary N) is 1. The number of rotatable bonds is 14. The summed E-state index contributed by atoms with van der Waals surface area (Å²) in [6.45, 7) is 5.62. The molecule has 4 aromatic rings. The molecule has 9 heteroatoms. The number of sulfonamides is 1. The fraction of sp³-hybridized carbons (Fsp3) is 0.366. The molecule has 50 heavy (non-hydrogen) atoms. The molecule has 0 unspecified atom stereocenters. The molecule has 264 valence electrons. The Morgan fingerprint density at radius 3 is 2.14 bits per heavy atom. The van der Waals surface area contributed by atoms with Gasteiger partial charge in [0.2, 0.25) is 11.8 Å². The molecule has 1 fully saturated rings. The standard InChI is InChI=1S/C41H49N3O5S/c1-30(2)34-20-22-36(23-21-34)44(50(47,48)38-24-18-31(3)19-25-38)29-40(45)43(28-33-14-11-17-37(26-33)49-4)39(27-32-12-7-5-8-13-32)41(46)42-35-15-9-6-10-16-35/h5,7-8,11-14,17-26,30,35,39H,6,9-10,15-16,27-29H2,1-4H3,(H,42,46)/t39-/m0/s1. The van der Waals surface area contributed by atoms with Crippen molar-refractivity contribution in [3.05, 3.63) is 125 Å². The van der Waals surface area contributed by atoms with E-state index in [0.29, 0.717) is 11.4 Å². The second kappa shape index (κ2) is 16.9. The lowest BCUT2D eigenvalue weighted by atomic mass is 9.94. The molecule has 0 saturated heterocycles. The molecule has 0 aromatic heterocycles. The Bertz CT molecular complexity index is 1820. The van der Waals surface area contributed by atoms with Crippen molar-refractivity contribution in [1.29, 1.82) is 0 Å². The number of ether oxygens (including phenoxy) is 1. The zero-order valence-corrected chi connectivity index (χ0v) is 30.4. The third-order valence-corrected chi connectivity index (χ3v) is 11.2. The highest BCUT2D eigenvalue weighted by atomic mass is 32.2. The summed E-state index contributed by atoms with van der Waals surface area (Å²) >= 11 is 0. The number of benzene rings is 4. The molecule has 8 nitrogen and oxygen atoms in total. The van der Waals surface area contributed by atoms with Crippen LogP contribution >= 0.6 is 0 Å². The Kier molecular flexibility index (Phi) is 12.4. The first-order chi connectivity index (χ1) is 24.0. The molecule has 1 aliphatic rings. The highest BCUT2D eigenvalue weighted by Crippen LogP contribution is 2.28. The summed E-state index contributed by atoms with van der Waals surface area (Å²) < 4.78 is 35.4. The molecule has 1 N–H and O–H groups in total. The predicted octanol–water partition coefficient (Wildman–Crippen LogP) is 7.41. The van der Waals surface area contributed by atoms with Gasteiger partial charge in [0.1, 0.15) is 18.3 Å². The zero-order valence-electron chi connectivity index (χ0n) is 29.5. The van der Waals surface area contributed by atoms with Crippen molar-refractivity contribution < 1.29 is 22.7 Å². The average molecular weight is 696 g/mol. The van der Waals surface area contributed by atoms with E-state index >= 15 is 0 Å². The van der Waals surface area contributed by atoms with Crippen molar-refractivity contribution >= 4 is 27.5 Å². The highest BCUT2D eigenvalue weighted by molar-refractivity contribution is 7.92. The molecule has 0 heterocycles. The Morgan fingerprint density at radius 1 is 0.840 bits per heavy atom. The van der Waals surface area contributed by atoms with Crippen LogP contribution in [-0.4, -0.2) is 50.9 Å². The molecule has 0 spiro atoms. The molecule has 1 saturated carbocycles. The van der Waals surface area contributed by atoms with Crippen molar-refractivity contribution in [3.8, 4) is 5.75 Å². The van der Waals surface area contributed by atoms with Crippen LogP contribution in [0, 0.1) is 6.92 Å². The smallest absolute Gasteiger partial charge is 0.264 e. The van der Waals surface area contributed by atoms with Crippen LogP contribution in [0.2, 0.25) is 0 Å². The SMILES string of the molecule is COc1cccc(CN(C(=O)CN(c2ccc(C(C)C)cc2)S(=O)(=O)c2ccc(C)cc2)[C@@H](Cc2ccccc2)C(=O)NC2CCCCC2)c1. The minimum absolute atomic E-state index is 0.0289. The van der Waals surface area contributed by atoms with E-state index < -0.39 is 28.5 Å². The normalized spacial score (nSPS) is 14.2. The molecule has 2 amide bonds. The second-order valence-electron chi connectivity index (χ2n) is 13.5. The van der Waals surface area contributed by atoms with Crippen LogP contribution in [0.15, 0.2) is 108 Å². The van der Waals surface area contributed by atoms with Crippen molar-refractivity contribution in [2.45, 2.75) is 88.7 Å². The molecule has 1 atom stereocenters. The number of hydrogen-bond donors (Lipinski definition) is 1. The lowest BCUT2D eigenvalue weighted by Gasteiger charge is -2.35. The van der Waals surface area contributed by atoms with Gasteiger partial charge in [-0.15, -0.1) is 0 Å². The van der Waals surface area contributed by atoms with Crippen LogP contribution in [0.5, 0.6) is 5.75 Å². The van der Waals surface area contributed by atoms with E-state index in [-0.39, 0.29) is 35.7 Å². The van der Waals surface area contributed by atoms with E-state index in [0.717, 1.165) is 54.4 Å². The number of aryl methyl sites for hydroxylation is 1. The van der Waals surface area contributed by atoms with Crippen LogP contribution in [0.4, 0.5) is 5.69 Å². The first kappa shape index (κ1) is 36.6. The number of carbonyl (C=O) groups is 2. The van der Waals surface area contributed by atoms with E-state index in [1.165, 1.54) is 4.31 Å². The maximum absolute atomic E-state index is 14.8. The minimum atomic E-state index is -4.18. The molecule has 1 aliphatic carbocycles. The van der Waals surface area contributed by atoms with Crippen molar-refractivity contribution in [2.75, 3.05) is 18.0 Å². The molecular weight excluding hydrogens is 647 g/mol. The van der Waals surface area contributed by atoms with Crippen molar-refractivity contribution in [1.82, 2.24) is 10.2 Å². The number of carbonyl (C=O) groups excluding carboxylic acids is 2. The fourth-order valence-electron chi connectivity index (χ4n) is 6.46. The quantitative estimate of drug-likeness (QED) is 0.148. The topological polar surface area (TPSA) is 96.0 Å². The van der Waals surface area contributed by atoms with E-state index in [2.05, 4.69) is 19.2 Å². The maximum atomic E-state index is 14.8. The maximum Gasteiger partial charge on any atom is 0.264 e. The molecule has 0 aliphatic heterocycles. The molecule has 0 radical (unpaired) electrons. The third-order valence-electron chi connectivity index (χ3n) is 9.45. The second-order valence-corrected chi connectivity index (χ2v) is 15.4. The summed E-state index contributed by atoms with van der Waals surface area (Å²) in [5.74, 6) is 0.130. The van der Waals surface area contributed by atoms with Gasteiger partial charge in [-0.3, -0.25) is 13.9 Å². The molecule has 4 aromatic carbocycles. The Balaban J connectivity index is 1.58. The number of anilines is 1. The van der Waals surface area contributed by atoms with Gasteiger partial charge >= 0.3 is 0 Å². The largest absolute Gasteiger partial charge is 0.497 e. The lowest BCUT2D eigenvalue weighted by Crippen LogP contribution is -2.55. The van der Waals surface area contributed by atoms with Crippen LogP contribution in [-0.2, 0) is 32.6 Å². The van der Waals surface area contributed by atoms with Gasteiger partial charge in [0.25, 0.3) is 10.0 Å². The van der Waals surface area contributed by atoms with E-state index in [1.54, 1.807) is 48.4 Å². The van der Waals surface area contributed by atoms with Gasteiger partial charge in [0, 0.05) is 19.0 Å². The van der Waals surface area contributed by atoms with Gasteiger partial charge < -0.3 is 15.0 Å². The van der Waals surface area contributed by atoms with Gasteiger partial charge in [-0.25, -0.2) is 8.42 Å². The predicted molar refractivity (Wildman–Crippen MR) is 199 cm³/mol. The summed E-state index contributed by atoms with van der Waals surface area (Å²) in [5.41, 5.74) is 4.00. The van der Waals surface area contributed by atoms with E-state index in [9.17, 15) is 18.0 Å². The average Bonchev–Trinajstić information content (AvgIpc) is 3.13. The third kappa shape index (κ3) is 9.33. The van der Waals surface area contributed by atoms with Crippen LogP contribution < -0.4 is 14.4 Å². The fourth-order valence-corrected chi connectivity index (χ4v) is 7.87. The van der Waals surface area contributed by atoms with Gasteiger partial charge in [-0.05, 0) is 78.8 Å². The Morgan fingerprint density at radius 2 is 1.50 bits per heavy atom. The van der Waals surface area contributed by atoms with Crippen LogP contribution in [0.1, 0.15) is 74.1 Å². The number of methoxy groups -OCH3 is 1. The minimum Gasteiger partial charge on any atom is -0.497 e. The number of nitrogens with zero attached hydrogens (tertiary/aromatic N) is 2. The number of hydrogen-bond acceptors (Lipinski definition) is 5. The summed E-state index contributed by atoms with van der Waals surface area (Å²) in [7, 11) is -2.60. The highest BCUT2D eigenvalue weighted by Gasteiger charge is 2.35. The first-order valence-electron chi connectivity index (χ1n) is 17.5. The molecule has 0 bridgehead atoms. The van der Waals surface area contributed by atoms with Crippen molar-refractivity contribution in [3.63, 3.8) is 0 Å². The van der Waals surface area contributed by atoms with Gasteiger partial charge in [0.15, 0.2) is 0 Å². The van der Waals surface area contributed by atoms with Crippen LogP contribution in [0.25, 0.3) is 0 Å². The van der Waals surface area contributed by atoms with Crippen LogP contribution in [0.3, 0.4) is 0 Å². The first-order valence-corrected chi connectivity index (χ1v) is 18.9. The summed E-state index contributed by atoms with van der Waals surface area (Å²) in [6, 6.07) is 30.0. The zero-order chi connectivity index (χ0) is 35.7. The summed E-state index contributed by atoms with van der Waals surface area (Å²) in [6.07, 6.45) is 5.28. The Hall–Kier alpha value is -4.63. The van der Waals surface area contributed by atoms with E-state index in [4.69, 9.17) is 4.74 Å². The van der Waals surface area contributed by atoms with Crippen molar-refractivity contribution in [2.24, 2.45) is 0 Å². The summed E-state index contributed by atoms with van der Waals surface area (Å²) in [5, 5.41) is 3.26. The monoisotopic (exact) mass is 695 g/mol. The molecular formula is C41H49N3O5S.